The number of benzene rings is 3. The number of nitrogens with zero attached hydrogens (tertiary/aromatic N) is 3. The highest BCUT2D eigenvalue weighted by Gasteiger charge is 2.33. The Morgan fingerprint density at radius 3 is 2.36 bits per heavy atom. The van der Waals surface area contributed by atoms with E-state index >= 15 is 0 Å². The van der Waals surface area contributed by atoms with Crippen LogP contribution in [0.3, 0.4) is 0 Å². The highest BCUT2D eigenvalue weighted by Crippen LogP contribution is 2.45. The Labute approximate surface area is 212 Å². The maximum atomic E-state index is 13.1. The first-order valence-corrected chi connectivity index (χ1v) is 12.0. The summed E-state index contributed by atoms with van der Waals surface area (Å²) in [5.74, 6) is 0.391. The van der Waals surface area contributed by atoms with E-state index in [4.69, 9.17) is 18.6 Å². The average molecular weight is 502 g/mol. The van der Waals surface area contributed by atoms with E-state index in [1.165, 1.54) is 11.9 Å². The molecule has 0 spiro atoms. The first-order chi connectivity index (χ1) is 17.7. The summed E-state index contributed by atoms with van der Waals surface area (Å²) in [5, 5.41) is 8.56. The van der Waals surface area contributed by atoms with Gasteiger partial charge in [0.15, 0.2) is 11.5 Å². The number of hydrogen-bond acceptors (Lipinski definition) is 9. The van der Waals surface area contributed by atoms with Crippen LogP contribution in [-0.2, 0) is 14.2 Å². The van der Waals surface area contributed by atoms with Crippen molar-refractivity contribution >= 4 is 29.4 Å². The minimum Gasteiger partial charge on any atom is -0.420 e. The van der Waals surface area contributed by atoms with Crippen LogP contribution in [0, 0.1) is 0 Å². The van der Waals surface area contributed by atoms with Crippen LogP contribution in [0.2, 0.25) is 0 Å². The van der Waals surface area contributed by atoms with Crippen LogP contribution < -0.4 is 0 Å². The number of fused-ring (bicyclic) bond motifs is 1. The van der Waals surface area contributed by atoms with E-state index in [1.807, 2.05) is 65.0 Å². The second-order valence-corrected chi connectivity index (χ2v) is 8.77. The Balaban J connectivity index is 1.60. The van der Waals surface area contributed by atoms with Crippen molar-refractivity contribution in [3.63, 3.8) is 0 Å². The van der Waals surface area contributed by atoms with Gasteiger partial charge in [0.1, 0.15) is 6.73 Å². The molecule has 4 aromatic rings. The number of carbonyl (C=O) groups is 1. The molecule has 0 saturated carbocycles. The van der Waals surface area contributed by atoms with Crippen molar-refractivity contribution in [2.24, 2.45) is 0 Å². The Morgan fingerprint density at radius 1 is 0.889 bits per heavy atom. The number of carbonyl (C=O) groups excluding carboxylic acids is 1. The predicted octanol–water partition coefficient (Wildman–Crippen LogP) is 5.36. The fraction of sp³-hybridized carbons (Fsp3) is 0.148. The van der Waals surface area contributed by atoms with Gasteiger partial charge >= 0.3 is 5.97 Å². The monoisotopic (exact) mass is 501 g/mol. The smallest absolute Gasteiger partial charge is 0.343 e. The predicted molar refractivity (Wildman–Crippen MR) is 135 cm³/mol. The fourth-order valence-corrected chi connectivity index (χ4v) is 4.58. The molecule has 5 rings (SSSR count). The third-order valence-corrected chi connectivity index (χ3v) is 6.36. The number of aromatic nitrogens is 2. The van der Waals surface area contributed by atoms with E-state index in [9.17, 15) is 4.79 Å². The van der Waals surface area contributed by atoms with Crippen LogP contribution in [-0.4, -0.2) is 47.5 Å². The van der Waals surface area contributed by atoms with Crippen molar-refractivity contribution in [2.75, 3.05) is 27.1 Å². The Morgan fingerprint density at radius 2 is 1.58 bits per heavy atom. The van der Waals surface area contributed by atoms with Gasteiger partial charge < -0.3 is 18.6 Å². The van der Waals surface area contributed by atoms with Gasteiger partial charge in [0.25, 0.3) is 5.89 Å². The molecule has 2 heterocycles. The van der Waals surface area contributed by atoms with Gasteiger partial charge in [-0.3, -0.25) is 4.31 Å². The molecule has 0 amide bonds. The Bertz CT molecular complexity index is 1360. The normalized spacial score (nSPS) is 13.0. The lowest BCUT2D eigenvalue weighted by Crippen LogP contribution is -2.25. The van der Waals surface area contributed by atoms with Crippen LogP contribution in [0.1, 0.15) is 21.8 Å². The average Bonchev–Trinajstić information content (AvgIpc) is 3.42. The molecule has 3 aromatic carbocycles. The molecule has 1 aliphatic rings. The minimum absolute atomic E-state index is 0.174. The number of esters is 1. The van der Waals surface area contributed by atoms with E-state index < -0.39 is 5.97 Å². The van der Waals surface area contributed by atoms with Gasteiger partial charge in [0.2, 0.25) is 5.89 Å². The third kappa shape index (κ3) is 5.18. The molecule has 0 atom stereocenters. The van der Waals surface area contributed by atoms with Gasteiger partial charge in [-0.1, -0.05) is 48.5 Å². The zero-order valence-corrected chi connectivity index (χ0v) is 20.3. The van der Waals surface area contributed by atoms with E-state index in [-0.39, 0.29) is 12.6 Å². The van der Waals surface area contributed by atoms with Crippen LogP contribution >= 0.6 is 11.9 Å². The summed E-state index contributed by atoms with van der Waals surface area (Å²) in [6, 6.07) is 26.0. The molecule has 9 heteroatoms. The van der Waals surface area contributed by atoms with Crippen LogP contribution in [0.4, 0.5) is 0 Å². The lowest BCUT2D eigenvalue weighted by molar-refractivity contribution is 0.0474. The molecule has 0 fully saturated rings. The summed E-state index contributed by atoms with van der Waals surface area (Å²) < 4.78 is 24.9. The summed E-state index contributed by atoms with van der Waals surface area (Å²) in [5.41, 5.74) is 2.41. The molecule has 0 radical (unpaired) electrons. The fourth-order valence-electron chi connectivity index (χ4n) is 3.57. The largest absolute Gasteiger partial charge is 0.420 e. The Kier molecular flexibility index (Phi) is 7.41. The molecule has 182 valence electrons. The molecule has 1 aromatic heterocycles. The molecule has 8 nitrogen and oxygen atoms in total. The molecule has 0 N–H and O–H groups in total. The van der Waals surface area contributed by atoms with E-state index in [1.54, 1.807) is 31.4 Å². The molecular weight excluding hydrogens is 478 g/mol. The summed E-state index contributed by atoms with van der Waals surface area (Å²) in [4.78, 5) is 14.0. The number of hydrogen-bond donors (Lipinski definition) is 0. The van der Waals surface area contributed by atoms with Crippen molar-refractivity contribution in [3.8, 4) is 11.5 Å². The highest BCUT2D eigenvalue weighted by molar-refractivity contribution is 7.97. The van der Waals surface area contributed by atoms with Gasteiger partial charge in [-0.05, 0) is 48.3 Å². The van der Waals surface area contributed by atoms with E-state index in [0.717, 1.165) is 16.0 Å². The van der Waals surface area contributed by atoms with Crippen molar-refractivity contribution in [1.82, 2.24) is 14.5 Å². The molecule has 0 saturated heterocycles. The first-order valence-electron chi connectivity index (χ1n) is 11.3. The number of ether oxygens (including phenoxy) is 3. The highest BCUT2D eigenvalue weighted by atomic mass is 32.2. The van der Waals surface area contributed by atoms with Crippen molar-refractivity contribution in [2.45, 2.75) is 4.90 Å². The van der Waals surface area contributed by atoms with Crippen LogP contribution in [0.15, 0.2) is 94.2 Å². The van der Waals surface area contributed by atoms with Crippen LogP contribution in [0.5, 0.6) is 0 Å². The molecule has 0 aliphatic carbocycles. The summed E-state index contributed by atoms with van der Waals surface area (Å²) in [6.45, 7) is 1.01. The third-order valence-electron chi connectivity index (χ3n) is 5.30. The standard InChI is InChI=1S/C27H23N3O5S/c1-32-16-17-33-18-30-23(26-29-28-25(35-26)19-10-4-2-5-11-19)24(21-14-8-9-15-22(21)36-30)34-27(31)20-12-6-3-7-13-20/h2-15H,16-18H2,1H3. The molecule has 1 aliphatic heterocycles. The van der Waals surface area contributed by atoms with Gasteiger partial charge in [-0.25, -0.2) is 4.79 Å². The number of methoxy groups -OCH3 is 1. The topological polar surface area (TPSA) is 86.9 Å². The summed E-state index contributed by atoms with van der Waals surface area (Å²) in [7, 11) is 1.62. The van der Waals surface area contributed by atoms with Gasteiger partial charge in [0, 0.05) is 23.1 Å². The van der Waals surface area contributed by atoms with Crippen LogP contribution in [0.25, 0.3) is 22.9 Å². The maximum Gasteiger partial charge on any atom is 0.343 e. The first kappa shape index (κ1) is 23.8. The van der Waals surface area contributed by atoms with Gasteiger partial charge in [0.05, 0.1) is 18.8 Å². The van der Waals surface area contributed by atoms with Gasteiger partial charge in [-0.15, -0.1) is 10.2 Å². The lowest BCUT2D eigenvalue weighted by atomic mass is 10.1. The summed E-state index contributed by atoms with van der Waals surface area (Å²) >= 11 is 1.44. The lowest BCUT2D eigenvalue weighted by Gasteiger charge is -2.31. The van der Waals surface area contributed by atoms with Gasteiger partial charge in [-0.2, -0.15) is 0 Å². The molecule has 36 heavy (non-hydrogen) atoms. The Hall–Kier alpha value is -3.92. The quantitative estimate of drug-likeness (QED) is 0.171. The zero-order valence-electron chi connectivity index (χ0n) is 19.5. The second kappa shape index (κ2) is 11.2. The molecule has 0 unspecified atom stereocenters. The van der Waals surface area contributed by atoms with Crippen molar-refractivity contribution in [1.29, 1.82) is 0 Å². The maximum absolute atomic E-state index is 13.1. The zero-order chi connectivity index (χ0) is 24.7. The molecular formula is C27H23N3O5S. The minimum atomic E-state index is -0.493. The van der Waals surface area contributed by atoms with Crippen molar-refractivity contribution in [3.05, 3.63) is 102 Å². The number of rotatable bonds is 9. The summed E-state index contributed by atoms with van der Waals surface area (Å²) in [6.07, 6.45) is 0. The SMILES string of the molecule is COCCOCN1Sc2ccccc2C(OC(=O)c2ccccc2)=C1c1nnc(-c2ccccc2)o1. The molecule has 0 bridgehead atoms. The van der Waals surface area contributed by atoms with E-state index in [0.29, 0.717) is 36.1 Å². The van der Waals surface area contributed by atoms with E-state index in [2.05, 4.69) is 10.2 Å². The van der Waals surface area contributed by atoms with Crippen molar-refractivity contribution < 1.29 is 23.4 Å². The second-order valence-electron chi connectivity index (χ2n) is 7.71.